The SMILES string of the molecule is NC(=O)CC[C@H](NC(=O)OCc1ccccc1)C(=O)NCC(=O)N[C@@H](Cc1ccc(N)cc1)C(=O)O. The molecule has 0 unspecified atom stereocenters. The van der Waals surface area contributed by atoms with Crippen molar-refractivity contribution in [1.29, 1.82) is 0 Å². The molecule has 0 saturated heterocycles. The van der Waals surface area contributed by atoms with Gasteiger partial charge < -0.3 is 37.3 Å². The lowest BCUT2D eigenvalue weighted by molar-refractivity contribution is -0.141. The predicted octanol–water partition coefficient (Wildman–Crippen LogP) is 0.0574. The summed E-state index contributed by atoms with van der Waals surface area (Å²) < 4.78 is 5.09. The van der Waals surface area contributed by atoms with Gasteiger partial charge in [0.2, 0.25) is 17.7 Å². The van der Waals surface area contributed by atoms with Crippen LogP contribution in [0.5, 0.6) is 0 Å². The Morgan fingerprint density at radius 3 is 2.17 bits per heavy atom. The van der Waals surface area contributed by atoms with Crippen LogP contribution in [-0.4, -0.2) is 53.5 Å². The number of primary amides is 1. The van der Waals surface area contributed by atoms with Crippen molar-refractivity contribution in [3.05, 3.63) is 65.7 Å². The number of carbonyl (C=O) groups is 5. The van der Waals surface area contributed by atoms with E-state index >= 15 is 0 Å². The number of nitrogens with two attached hydrogens (primary N) is 2. The minimum Gasteiger partial charge on any atom is -0.480 e. The molecule has 0 saturated carbocycles. The molecule has 0 heterocycles. The zero-order valence-electron chi connectivity index (χ0n) is 19.4. The summed E-state index contributed by atoms with van der Waals surface area (Å²) in [6.45, 7) is -0.595. The van der Waals surface area contributed by atoms with Crippen molar-refractivity contribution >= 4 is 35.5 Å². The van der Waals surface area contributed by atoms with Crippen LogP contribution in [0.1, 0.15) is 24.0 Å². The van der Waals surface area contributed by atoms with Crippen molar-refractivity contribution in [2.24, 2.45) is 5.73 Å². The summed E-state index contributed by atoms with van der Waals surface area (Å²) in [6.07, 6.45) is -1.22. The van der Waals surface area contributed by atoms with E-state index in [4.69, 9.17) is 16.2 Å². The lowest BCUT2D eigenvalue weighted by Crippen LogP contribution is -2.51. The van der Waals surface area contributed by atoms with Crippen LogP contribution in [0.4, 0.5) is 10.5 Å². The van der Waals surface area contributed by atoms with E-state index in [9.17, 15) is 29.1 Å². The Bertz CT molecular complexity index is 1060. The van der Waals surface area contributed by atoms with Crippen LogP contribution in [0, 0.1) is 0 Å². The first-order valence-electron chi connectivity index (χ1n) is 11.0. The molecule has 12 nitrogen and oxygen atoms in total. The fourth-order valence-corrected chi connectivity index (χ4v) is 3.09. The highest BCUT2D eigenvalue weighted by Gasteiger charge is 2.24. The number of anilines is 1. The number of benzene rings is 2. The summed E-state index contributed by atoms with van der Waals surface area (Å²) in [4.78, 5) is 59.7. The number of nitrogens with one attached hydrogen (secondary N) is 3. The van der Waals surface area contributed by atoms with E-state index in [1.807, 2.05) is 0 Å². The first-order chi connectivity index (χ1) is 17.1. The maximum absolute atomic E-state index is 12.6. The Hall–Kier alpha value is -4.61. The molecular weight excluding hydrogens is 470 g/mol. The second-order valence-corrected chi connectivity index (χ2v) is 7.89. The maximum atomic E-state index is 12.6. The Morgan fingerprint density at radius 2 is 1.56 bits per heavy atom. The highest BCUT2D eigenvalue weighted by molar-refractivity contribution is 5.91. The first-order valence-corrected chi connectivity index (χ1v) is 11.0. The third kappa shape index (κ3) is 10.1. The molecule has 0 aliphatic carbocycles. The van der Waals surface area contributed by atoms with Gasteiger partial charge in [-0.05, 0) is 29.7 Å². The minimum atomic E-state index is -1.26. The summed E-state index contributed by atoms with van der Waals surface area (Å²) in [6, 6.07) is 12.9. The normalized spacial score (nSPS) is 12.0. The van der Waals surface area contributed by atoms with Crippen LogP contribution < -0.4 is 27.4 Å². The van der Waals surface area contributed by atoms with Crippen molar-refractivity contribution in [3.8, 4) is 0 Å². The number of aliphatic carboxylic acids is 1. The molecule has 2 rings (SSSR count). The summed E-state index contributed by atoms with van der Waals surface area (Å²) >= 11 is 0. The number of carboxylic acid groups (broad SMARTS) is 1. The van der Waals surface area contributed by atoms with Crippen molar-refractivity contribution in [2.75, 3.05) is 12.3 Å². The van der Waals surface area contributed by atoms with Crippen molar-refractivity contribution in [3.63, 3.8) is 0 Å². The van der Waals surface area contributed by atoms with Crippen molar-refractivity contribution < 1.29 is 33.8 Å². The smallest absolute Gasteiger partial charge is 0.408 e. The van der Waals surface area contributed by atoms with Crippen LogP contribution in [-0.2, 0) is 36.9 Å². The second kappa shape index (κ2) is 13.9. The molecule has 0 bridgehead atoms. The lowest BCUT2D eigenvalue weighted by Gasteiger charge is -2.19. The summed E-state index contributed by atoms with van der Waals surface area (Å²) in [5.74, 6) is -3.47. The average Bonchev–Trinajstić information content (AvgIpc) is 2.85. The Morgan fingerprint density at radius 1 is 0.889 bits per heavy atom. The van der Waals surface area contributed by atoms with E-state index in [2.05, 4.69) is 16.0 Å². The second-order valence-electron chi connectivity index (χ2n) is 7.89. The Kier molecular flexibility index (Phi) is 10.7. The van der Waals surface area contributed by atoms with Crippen LogP contribution in [0.25, 0.3) is 0 Å². The van der Waals surface area contributed by atoms with E-state index < -0.39 is 48.4 Å². The molecule has 2 atom stereocenters. The topological polar surface area (TPSA) is 203 Å². The van der Waals surface area contributed by atoms with Gasteiger partial charge in [-0.3, -0.25) is 14.4 Å². The summed E-state index contributed by atoms with van der Waals surface area (Å²) in [5, 5.41) is 16.4. The number of amides is 4. The number of hydrogen-bond acceptors (Lipinski definition) is 7. The molecule has 0 fully saturated rings. The Labute approximate surface area is 207 Å². The van der Waals surface area contributed by atoms with Gasteiger partial charge in [0.05, 0.1) is 6.54 Å². The quantitative estimate of drug-likeness (QED) is 0.207. The molecule has 192 valence electrons. The molecule has 0 aliphatic rings. The van der Waals surface area contributed by atoms with Crippen molar-refractivity contribution in [1.82, 2.24) is 16.0 Å². The number of hydrogen-bond donors (Lipinski definition) is 6. The van der Waals surface area contributed by atoms with Gasteiger partial charge in [-0.2, -0.15) is 0 Å². The largest absolute Gasteiger partial charge is 0.480 e. The molecule has 8 N–H and O–H groups in total. The lowest BCUT2D eigenvalue weighted by atomic mass is 10.1. The molecule has 12 heteroatoms. The molecule has 0 aliphatic heterocycles. The average molecular weight is 500 g/mol. The molecule has 0 spiro atoms. The van der Waals surface area contributed by atoms with Gasteiger partial charge >= 0.3 is 12.1 Å². The van der Waals surface area contributed by atoms with Gasteiger partial charge in [-0.15, -0.1) is 0 Å². The third-order valence-corrected chi connectivity index (χ3v) is 4.98. The highest BCUT2D eigenvalue weighted by atomic mass is 16.5. The molecule has 2 aromatic rings. The van der Waals surface area contributed by atoms with E-state index in [1.54, 1.807) is 54.6 Å². The van der Waals surface area contributed by atoms with E-state index in [-0.39, 0.29) is 25.9 Å². The van der Waals surface area contributed by atoms with Gasteiger partial charge in [0, 0.05) is 18.5 Å². The van der Waals surface area contributed by atoms with E-state index in [1.165, 1.54) is 0 Å². The summed E-state index contributed by atoms with van der Waals surface area (Å²) in [7, 11) is 0. The molecule has 2 aromatic carbocycles. The number of nitrogen functional groups attached to an aromatic ring is 1. The fourth-order valence-electron chi connectivity index (χ4n) is 3.09. The van der Waals surface area contributed by atoms with Crippen LogP contribution in [0.15, 0.2) is 54.6 Å². The van der Waals surface area contributed by atoms with Gasteiger partial charge in [0.1, 0.15) is 18.7 Å². The van der Waals surface area contributed by atoms with Crippen molar-refractivity contribution in [2.45, 2.75) is 38.0 Å². The van der Waals surface area contributed by atoms with Crippen LogP contribution in [0.3, 0.4) is 0 Å². The number of carbonyl (C=O) groups excluding carboxylic acids is 4. The van der Waals surface area contributed by atoms with Gasteiger partial charge in [-0.25, -0.2) is 9.59 Å². The number of alkyl carbamates (subject to hydrolysis) is 1. The maximum Gasteiger partial charge on any atom is 0.408 e. The summed E-state index contributed by atoms with van der Waals surface area (Å²) in [5.41, 5.74) is 12.6. The predicted molar refractivity (Wildman–Crippen MR) is 129 cm³/mol. The first kappa shape index (κ1) is 27.6. The molecule has 4 amide bonds. The van der Waals surface area contributed by atoms with Gasteiger partial charge in [-0.1, -0.05) is 42.5 Å². The molecule has 0 aromatic heterocycles. The number of ether oxygens (including phenoxy) is 1. The van der Waals surface area contributed by atoms with Gasteiger partial charge in [0.25, 0.3) is 0 Å². The van der Waals surface area contributed by atoms with Gasteiger partial charge in [0.15, 0.2) is 0 Å². The highest BCUT2D eigenvalue weighted by Crippen LogP contribution is 2.08. The third-order valence-electron chi connectivity index (χ3n) is 4.98. The van der Waals surface area contributed by atoms with Crippen LogP contribution >= 0.6 is 0 Å². The minimum absolute atomic E-state index is 0.00530. The molecule has 36 heavy (non-hydrogen) atoms. The van der Waals surface area contributed by atoms with Crippen LogP contribution in [0.2, 0.25) is 0 Å². The molecule has 0 radical (unpaired) electrons. The zero-order valence-corrected chi connectivity index (χ0v) is 19.4. The zero-order chi connectivity index (χ0) is 26.5. The standard InChI is InChI=1S/C24H29N5O7/c25-17-8-6-15(7-9-17)12-19(23(33)34)28-21(31)13-27-22(32)18(10-11-20(26)30)29-24(35)36-14-16-4-2-1-3-5-16/h1-9,18-19H,10-14,25H2,(H2,26,30)(H,27,32)(H,28,31)(H,29,35)(H,33,34)/t18-,19-/m0/s1. The fraction of sp³-hybridized carbons (Fsp3) is 0.292. The Balaban J connectivity index is 1.89. The monoisotopic (exact) mass is 499 g/mol. The van der Waals surface area contributed by atoms with E-state index in [0.717, 1.165) is 5.56 Å². The number of carboxylic acids is 1. The number of rotatable bonds is 13. The van der Waals surface area contributed by atoms with E-state index in [0.29, 0.717) is 11.3 Å². The molecular formula is C24H29N5O7.